The third kappa shape index (κ3) is 6.45. The molecule has 0 aromatic heterocycles. The van der Waals surface area contributed by atoms with Gasteiger partial charge in [-0.25, -0.2) is 0 Å². The zero-order valence-corrected chi connectivity index (χ0v) is 16.6. The van der Waals surface area contributed by atoms with E-state index >= 15 is 0 Å². The molecule has 0 radical (unpaired) electrons. The number of quaternary nitrogens is 1. The van der Waals surface area contributed by atoms with Gasteiger partial charge >= 0.3 is 0 Å². The van der Waals surface area contributed by atoms with E-state index in [2.05, 4.69) is 34.9 Å². The highest BCUT2D eigenvalue weighted by molar-refractivity contribution is 7.99. The first-order valence-electron chi connectivity index (χ1n) is 9.10. The second-order valence-electron chi connectivity index (χ2n) is 6.61. The average Bonchev–Trinajstić information content (AvgIpc) is 3.15. The van der Waals surface area contributed by atoms with Crippen LogP contribution < -0.4 is 15.5 Å². The molecular weight excluding hydrogens is 384 g/mol. The molecule has 1 heterocycles. The van der Waals surface area contributed by atoms with Crippen molar-refractivity contribution in [3.8, 4) is 0 Å². The number of hydrogen-bond donors (Lipinski definition) is 3. The number of thiocarbonyl (C=S) groups is 1. The van der Waals surface area contributed by atoms with Crippen LogP contribution in [0.3, 0.4) is 0 Å². The zero-order chi connectivity index (χ0) is 19.1. The minimum atomic E-state index is -2.41. The van der Waals surface area contributed by atoms with E-state index in [1.54, 1.807) is 29.2 Å². The van der Waals surface area contributed by atoms with Crippen LogP contribution in [0, 0.1) is 0 Å². The number of hydrogen-bond acceptors (Lipinski definition) is 2. The first-order valence-corrected chi connectivity index (χ1v) is 10.4. The first kappa shape index (κ1) is 20.0. The lowest BCUT2D eigenvalue weighted by atomic mass is 10.1. The van der Waals surface area contributed by atoms with Crippen LogP contribution in [-0.2, 0) is 13.1 Å². The lowest BCUT2D eigenvalue weighted by Crippen LogP contribution is -3.08. The standard InChI is InChI=1S/C20H23F2N3S2/c21-19(22)27-18-9-7-17(8-10-18)24-20(26)23-13-15-5-1-2-6-16(15)14-25-11-3-4-12-25/h1-2,5-10,19H,3-4,11-14H2,(H2,23,24,26)/p+1. The zero-order valence-electron chi connectivity index (χ0n) is 15.0. The third-order valence-electron chi connectivity index (χ3n) is 4.65. The third-order valence-corrected chi connectivity index (χ3v) is 5.62. The van der Waals surface area contributed by atoms with Crippen molar-refractivity contribution in [2.45, 2.75) is 36.6 Å². The van der Waals surface area contributed by atoms with Gasteiger partial charge in [0.2, 0.25) is 0 Å². The van der Waals surface area contributed by atoms with E-state index in [1.165, 1.54) is 37.1 Å². The molecule has 0 aliphatic carbocycles. The van der Waals surface area contributed by atoms with Crippen LogP contribution in [-0.4, -0.2) is 24.0 Å². The van der Waals surface area contributed by atoms with Crippen LogP contribution in [0.15, 0.2) is 53.4 Å². The van der Waals surface area contributed by atoms with Gasteiger partial charge in [0.05, 0.1) is 13.1 Å². The molecule has 144 valence electrons. The molecule has 1 aliphatic rings. The van der Waals surface area contributed by atoms with Gasteiger partial charge in [0.15, 0.2) is 5.11 Å². The summed E-state index contributed by atoms with van der Waals surface area (Å²) in [5.74, 6) is -2.41. The van der Waals surface area contributed by atoms with Crippen molar-refractivity contribution in [2.24, 2.45) is 0 Å². The van der Waals surface area contributed by atoms with E-state index < -0.39 is 5.76 Å². The van der Waals surface area contributed by atoms with Crippen LogP contribution >= 0.6 is 24.0 Å². The predicted octanol–water partition coefficient (Wildman–Crippen LogP) is 3.67. The Bertz CT molecular complexity index is 747. The van der Waals surface area contributed by atoms with Crippen molar-refractivity contribution in [3.63, 3.8) is 0 Å². The highest BCUT2D eigenvalue weighted by Gasteiger charge is 2.17. The molecule has 1 saturated heterocycles. The van der Waals surface area contributed by atoms with Gasteiger partial charge in [0, 0.05) is 35.5 Å². The highest BCUT2D eigenvalue weighted by Crippen LogP contribution is 2.26. The Morgan fingerprint density at radius 2 is 1.70 bits per heavy atom. The normalized spacial score (nSPS) is 14.5. The maximum atomic E-state index is 12.4. The number of halogens is 2. The molecule has 1 aliphatic heterocycles. The van der Waals surface area contributed by atoms with Crippen molar-refractivity contribution in [2.75, 3.05) is 18.4 Å². The molecule has 7 heteroatoms. The van der Waals surface area contributed by atoms with E-state index in [-0.39, 0.29) is 0 Å². The van der Waals surface area contributed by atoms with E-state index in [0.717, 1.165) is 12.2 Å². The molecule has 1 fully saturated rings. The summed E-state index contributed by atoms with van der Waals surface area (Å²) >= 11 is 5.91. The maximum Gasteiger partial charge on any atom is 0.288 e. The van der Waals surface area contributed by atoms with Crippen LogP contribution in [0.2, 0.25) is 0 Å². The maximum absolute atomic E-state index is 12.4. The fourth-order valence-electron chi connectivity index (χ4n) is 3.29. The second kappa shape index (κ2) is 10.0. The summed E-state index contributed by atoms with van der Waals surface area (Å²) in [4.78, 5) is 2.18. The molecule has 0 atom stereocenters. The lowest BCUT2D eigenvalue weighted by Gasteiger charge is -2.16. The number of alkyl halides is 2. The highest BCUT2D eigenvalue weighted by atomic mass is 32.2. The summed E-state index contributed by atoms with van der Waals surface area (Å²) in [6.07, 6.45) is 2.64. The van der Waals surface area contributed by atoms with E-state index in [1.807, 2.05) is 0 Å². The molecule has 0 saturated carbocycles. The number of anilines is 1. The van der Waals surface area contributed by atoms with Crippen LogP contribution in [0.4, 0.5) is 14.5 Å². The van der Waals surface area contributed by atoms with Gasteiger partial charge in [-0.3, -0.25) is 0 Å². The van der Waals surface area contributed by atoms with Gasteiger partial charge in [-0.15, -0.1) is 0 Å². The fourth-order valence-corrected chi connectivity index (χ4v) is 3.98. The smallest absolute Gasteiger partial charge is 0.288 e. The van der Waals surface area contributed by atoms with Crippen LogP contribution in [0.5, 0.6) is 0 Å². The summed E-state index contributed by atoms with van der Waals surface area (Å²) in [6.45, 7) is 4.22. The van der Waals surface area contributed by atoms with Crippen molar-refractivity contribution >= 4 is 34.8 Å². The van der Waals surface area contributed by atoms with Crippen molar-refractivity contribution in [1.29, 1.82) is 0 Å². The van der Waals surface area contributed by atoms with Gasteiger partial charge in [0.25, 0.3) is 5.76 Å². The number of nitrogens with one attached hydrogen (secondary N) is 3. The fraction of sp³-hybridized carbons (Fsp3) is 0.350. The molecule has 3 rings (SSSR count). The summed E-state index contributed by atoms with van der Waals surface area (Å²) in [7, 11) is 0. The van der Waals surface area contributed by atoms with Crippen LogP contribution in [0.1, 0.15) is 24.0 Å². The Morgan fingerprint density at radius 1 is 1.04 bits per heavy atom. The first-order chi connectivity index (χ1) is 13.1. The largest absolute Gasteiger partial charge is 0.358 e. The molecule has 0 spiro atoms. The summed E-state index contributed by atoms with van der Waals surface area (Å²) < 4.78 is 24.7. The molecule has 0 amide bonds. The van der Waals surface area contributed by atoms with Gasteiger partial charge in [-0.1, -0.05) is 36.0 Å². The molecule has 0 unspecified atom stereocenters. The molecule has 27 heavy (non-hydrogen) atoms. The molecule has 3 nitrogen and oxygen atoms in total. The van der Waals surface area contributed by atoms with Crippen molar-refractivity contribution < 1.29 is 13.7 Å². The number of likely N-dealkylation sites (tertiary alicyclic amines) is 1. The molecule has 0 bridgehead atoms. The molecular formula is C20H24F2N3S2+. The lowest BCUT2D eigenvalue weighted by molar-refractivity contribution is -0.901. The number of benzene rings is 2. The van der Waals surface area contributed by atoms with Crippen molar-refractivity contribution in [1.82, 2.24) is 5.32 Å². The Kier molecular flexibility index (Phi) is 7.43. The monoisotopic (exact) mass is 408 g/mol. The van der Waals surface area contributed by atoms with Gasteiger partial charge in [-0.05, 0) is 42.0 Å². The molecule has 3 N–H and O–H groups in total. The average molecular weight is 409 g/mol. The minimum Gasteiger partial charge on any atom is -0.358 e. The quantitative estimate of drug-likeness (QED) is 0.482. The van der Waals surface area contributed by atoms with Crippen LogP contribution in [0.25, 0.3) is 0 Å². The summed E-state index contributed by atoms with van der Waals surface area (Å²) in [6, 6.07) is 15.3. The molecule has 2 aromatic carbocycles. The molecule has 2 aromatic rings. The Balaban J connectivity index is 1.51. The predicted molar refractivity (Wildman–Crippen MR) is 111 cm³/mol. The number of thioether (sulfide) groups is 1. The summed E-state index contributed by atoms with van der Waals surface area (Å²) in [5.41, 5.74) is 3.39. The SMILES string of the molecule is FC(F)Sc1ccc(NC(=S)NCc2ccccc2C[NH+]2CCCC2)cc1. The summed E-state index contributed by atoms with van der Waals surface area (Å²) in [5, 5.41) is 6.87. The van der Waals surface area contributed by atoms with E-state index in [4.69, 9.17) is 12.2 Å². The van der Waals surface area contributed by atoms with Crippen molar-refractivity contribution in [3.05, 3.63) is 59.7 Å². The Hall–Kier alpha value is -1.70. The Morgan fingerprint density at radius 3 is 2.37 bits per heavy atom. The number of rotatable bonds is 7. The van der Waals surface area contributed by atoms with E-state index in [9.17, 15) is 8.78 Å². The van der Waals surface area contributed by atoms with Gasteiger partial charge in [0.1, 0.15) is 6.54 Å². The van der Waals surface area contributed by atoms with Gasteiger partial charge < -0.3 is 15.5 Å². The van der Waals surface area contributed by atoms with E-state index in [0.29, 0.717) is 28.3 Å². The topological polar surface area (TPSA) is 28.5 Å². The minimum absolute atomic E-state index is 0.521. The Labute approximate surface area is 168 Å². The van der Waals surface area contributed by atoms with Gasteiger partial charge in [-0.2, -0.15) is 8.78 Å². The second-order valence-corrected chi connectivity index (χ2v) is 8.08.